The SMILES string of the molecule is C=CC(C)(C)C#CCCCCc1ccccc1. The molecule has 90 valence electrons. The van der Waals surface area contributed by atoms with E-state index in [1.807, 2.05) is 6.08 Å². The zero-order chi connectivity index (χ0) is 12.6. The van der Waals surface area contributed by atoms with Crippen LogP contribution in [-0.2, 0) is 6.42 Å². The highest BCUT2D eigenvalue weighted by Gasteiger charge is 2.06. The Balaban J connectivity index is 2.19. The lowest BCUT2D eigenvalue weighted by Crippen LogP contribution is -2.01. The molecule has 0 aliphatic rings. The molecule has 0 heteroatoms. The molecule has 1 rings (SSSR count). The van der Waals surface area contributed by atoms with Crippen LogP contribution >= 0.6 is 0 Å². The third-order valence-corrected chi connectivity index (χ3v) is 2.78. The van der Waals surface area contributed by atoms with E-state index in [2.05, 4.69) is 62.6 Å². The summed E-state index contributed by atoms with van der Waals surface area (Å²) in [6.07, 6.45) is 6.45. The predicted octanol–water partition coefficient (Wildman–Crippen LogP) is 4.62. The van der Waals surface area contributed by atoms with Gasteiger partial charge >= 0.3 is 0 Å². The summed E-state index contributed by atoms with van der Waals surface area (Å²) in [5, 5.41) is 0. The molecule has 0 aromatic heterocycles. The Hall–Kier alpha value is -1.48. The summed E-state index contributed by atoms with van der Waals surface area (Å²) >= 11 is 0. The van der Waals surface area contributed by atoms with Crippen LogP contribution in [0.4, 0.5) is 0 Å². The molecule has 0 saturated carbocycles. The molecule has 1 aromatic carbocycles. The normalized spacial score (nSPS) is 10.5. The molecular weight excluding hydrogens is 204 g/mol. The van der Waals surface area contributed by atoms with Gasteiger partial charge in [-0.15, -0.1) is 12.5 Å². The fourth-order valence-corrected chi connectivity index (χ4v) is 1.53. The first-order chi connectivity index (χ1) is 8.14. The third-order valence-electron chi connectivity index (χ3n) is 2.78. The second-order valence-corrected chi connectivity index (χ2v) is 4.92. The van der Waals surface area contributed by atoms with Crippen LogP contribution in [-0.4, -0.2) is 0 Å². The van der Waals surface area contributed by atoms with E-state index in [0.29, 0.717) is 0 Å². The Bertz CT molecular complexity index is 387. The average molecular weight is 226 g/mol. The maximum Gasteiger partial charge on any atom is 0.0434 e. The van der Waals surface area contributed by atoms with E-state index in [0.717, 1.165) is 12.8 Å². The van der Waals surface area contributed by atoms with Crippen LogP contribution in [0.25, 0.3) is 0 Å². The minimum absolute atomic E-state index is 0.0422. The monoisotopic (exact) mass is 226 g/mol. The van der Waals surface area contributed by atoms with E-state index in [9.17, 15) is 0 Å². The number of allylic oxidation sites excluding steroid dienone is 1. The summed E-state index contributed by atoms with van der Waals surface area (Å²) in [6.45, 7) is 7.97. The van der Waals surface area contributed by atoms with Gasteiger partial charge in [0.05, 0.1) is 0 Å². The first-order valence-electron chi connectivity index (χ1n) is 6.31. The second kappa shape index (κ2) is 6.97. The lowest BCUT2D eigenvalue weighted by Gasteiger charge is -2.09. The highest BCUT2D eigenvalue weighted by atomic mass is 14.1. The van der Waals surface area contributed by atoms with E-state index in [4.69, 9.17) is 0 Å². The molecule has 17 heavy (non-hydrogen) atoms. The highest BCUT2D eigenvalue weighted by molar-refractivity contribution is 5.16. The lowest BCUT2D eigenvalue weighted by molar-refractivity contribution is 0.655. The van der Waals surface area contributed by atoms with Gasteiger partial charge in [0, 0.05) is 11.8 Å². The summed E-state index contributed by atoms with van der Waals surface area (Å²) in [5.74, 6) is 6.48. The van der Waals surface area contributed by atoms with Crippen molar-refractivity contribution < 1.29 is 0 Å². The quantitative estimate of drug-likeness (QED) is 0.390. The first-order valence-corrected chi connectivity index (χ1v) is 6.31. The topological polar surface area (TPSA) is 0 Å². The van der Waals surface area contributed by atoms with Gasteiger partial charge < -0.3 is 0 Å². The Morgan fingerprint density at radius 3 is 2.53 bits per heavy atom. The fourth-order valence-electron chi connectivity index (χ4n) is 1.53. The molecule has 0 aliphatic carbocycles. The van der Waals surface area contributed by atoms with Gasteiger partial charge in [-0.25, -0.2) is 0 Å². The van der Waals surface area contributed by atoms with Crippen molar-refractivity contribution in [2.45, 2.75) is 39.5 Å². The van der Waals surface area contributed by atoms with Crippen molar-refractivity contribution in [3.63, 3.8) is 0 Å². The number of unbranched alkanes of at least 4 members (excludes halogenated alkanes) is 2. The van der Waals surface area contributed by atoms with Crippen LogP contribution in [0.3, 0.4) is 0 Å². The molecule has 0 unspecified atom stereocenters. The number of rotatable bonds is 5. The van der Waals surface area contributed by atoms with Crippen molar-refractivity contribution in [1.29, 1.82) is 0 Å². The molecule has 0 atom stereocenters. The van der Waals surface area contributed by atoms with Gasteiger partial charge in [0.15, 0.2) is 0 Å². The van der Waals surface area contributed by atoms with Crippen LogP contribution in [0, 0.1) is 17.3 Å². The summed E-state index contributed by atoms with van der Waals surface area (Å²) in [6, 6.07) is 10.6. The smallest absolute Gasteiger partial charge is 0.0434 e. The number of hydrogen-bond acceptors (Lipinski definition) is 0. The lowest BCUT2D eigenvalue weighted by atomic mass is 9.94. The van der Waals surface area contributed by atoms with Gasteiger partial charge in [0.1, 0.15) is 0 Å². The van der Waals surface area contributed by atoms with Crippen LogP contribution < -0.4 is 0 Å². The summed E-state index contributed by atoms with van der Waals surface area (Å²) in [4.78, 5) is 0. The number of aryl methyl sites for hydroxylation is 1. The van der Waals surface area contributed by atoms with Crippen LogP contribution in [0.5, 0.6) is 0 Å². The molecule has 0 saturated heterocycles. The number of benzene rings is 1. The first kappa shape index (κ1) is 13.6. The minimum atomic E-state index is -0.0422. The molecule has 0 fully saturated rings. The summed E-state index contributed by atoms with van der Waals surface area (Å²) in [7, 11) is 0. The largest absolute Gasteiger partial charge is 0.102 e. The zero-order valence-electron chi connectivity index (χ0n) is 11.0. The fraction of sp³-hybridized carbons (Fsp3) is 0.412. The third kappa shape index (κ3) is 5.97. The van der Waals surface area contributed by atoms with Gasteiger partial charge in [-0.1, -0.05) is 42.3 Å². The highest BCUT2D eigenvalue weighted by Crippen LogP contribution is 2.14. The van der Waals surface area contributed by atoms with Gasteiger partial charge in [-0.3, -0.25) is 0 Å². The summed E-state index contributed by atoms with van der Waals surface area (Å²) < 4.78 is 0. The second-order valence-electron chi connectivity index (χ2n) is 4.92. The van der Waals surface area contributed by atoms with Gasteiger partial charge in [-0.2, -0.15) is 0 Å². The van der Waals surface area contributed by atoms with Gasteiger partial charge in [-0.05, 0) is 38.7 Å². The van der Waals surface area contributed by atoms with Crippen molar-refractivity contribution in [1.82, 2.24) is 0 Å². The van der Waals surface area contributed by atoms with Gasteiger partial charge in [0.2, 0.25) is 0 Å². The Kier molecular flexibility index (Phi) is 5.57. The molecule has 0 nitrogen and oxygen atoms in total. The molecule has 0 spiro atoms. The van der Waals surface area contributed by atoms with E-state index < -0.39 is 0 Å². The Morgan fingerprint density at radius 2 is 1.88 bits per heavy atom. The zero-order valence-corrected chi connectivity index (χ0v) is 11.0. The molecule has 0 heterocycles. The maximum absolute atomic E-state index is 3.78. The average Bonchev–Trinajstić information content (AvgIpc) is 2.35. The molecule has 0 bridgehead atoms. The Morgan fingerprint density at radius 1 is 1.18 bits per heavy atom. The molecule has 1 aromatic rings. The Labute approximate surface area is 106 Å². The van der Waals surface area contributed by atoms with Crippen molar-refractivity contribution in [3.05, 3.63) is 48.6 Å². The summed E-state index contributed by atoms with van der Waals surface area (Å²) in [5.41, 5.74) is 1.38. The molecule has 0 amide bonds. The molecule has 0 N–H and O–H groups in total. The van der Waals surface area contributed by atoms with Gasteiger partial charge in [0.25, 0.3) is 0 Å². The van der Waals surface area contributed by atoms with E-state index >= 15 is 0 Å². The predicted molar refractivity (Wildman–Crippen MR) is 75.8 cm³/mol. The van der Waals surface area contributed by atoms with E-state index in [1.54, 1.807) is 0 Å². The van der Waals surface area contributed by atoms with Crippen LogP contribution in [0.2, 0.25) is 0 Å². The van der Waals surface area contributed by atoms with Crippen molar-refractivity contribution in [3.8, 4) is 11.8 Å². The number of hydrogen-bond donors (Lipinski definition) is 0. The molecule has 0 aliphatic heterocycles. The maximum atomic E-state index is 3.78. The van der Waals surface area contributed by atoms with Crippen LogP contribution in [0.1, 0.15) is 38.7 Å². The van der Waals surface area contributed by atoms with E-state index in [-0.39, 0.29) is 5.41 Å². The van der Waals surface area contributed by atoms with Crippen molar-refractivity contribution in [2.24, 2.45) is 5.41 Å². The molecular formula is C17H22. The molecule has 0 radical (unpaired) electrons. The minimum Gasteiger partial charge on any atom is -0.102 e. The van der Waals surface area contributed by atoms with Crippen molar-refractivity contribution >= 4 is 0 Å². The van der Waals surface area contributed by atoms with E-state index in [1.165, 1.54) is 18.4 Å². The standard InChI is InChI=1S/C17H22/c1-4-17(2,3)15-11-6-5-8-12-16-13-9-7-10-14-16/h4,7,9-10,13-14H,1,5-6,8,12H2,2-3H3. The van der Waals surface area contributed by atoms with Crippen LogP contribution in [0.15, 0.2) is 43.0 Å². The van der Waals surface area contributed by atoms with Crippen molar-refractivity contribution in [2.75, 3.05) is 0 Å².